The summed E-state index contributed by atoms with van der Waals surface area (Å²) in [6, 6.07) is -0.159. The average Bonchev–Trinajstić information content (AvgIpc) is 3.06. The molecule has 0 aromatic rings. The van der Waals surface area contributed by atoms with Gasteiger partial charge in [-0.2, -0.15) is 0 Å². The fourth-order valence-electron chi connectivity index (χ4n) is 1.45. The second-order valence-corrected chi connectivity index (χ2v) is 5.33. The Bertz CT molecular complexity index is 298. The second kappa shape index (κ2) is 5.38. The van der Waals surface area contributed by atoms with E-state index in [-0.39, 0.29) is 12.6 Å². The van der Waals surface area contributed by atoms with E-state index in [1.807, 2.05) is 6.92 Å². The van der Waals surface area contributed by atoms with E-state index in [2.05, 4.69) is 5.32 Å². The molecule has 2 amide bonds. The van der Waals surface area contributed by atoms with E-state index >= 15 is 0 Å². The molecule has 0 aliphatic heterocycles. The van der Waals surface area contributed by atoms with E-state index in [1.165, 1.54) is 12.8 Å². The van der Waals surface area contributed by atoms with E-state index < -0.39 is 11.4 Å². The van der Waals surface area contributed by atoms with Gasteiger partial charge in [-0.15, -0.1) is 0 Å². The molecule has 2 N–H and O–H groups in total. The minimum atomic E-state index is -0.922. The van der Waals surface area contributed by atoms with Crippen molar-refractivity contribution in [1.29, 1.82) is 0 Å². The SMILES string of the molecule is CCN(CC1CC1)C(=O)NCC(C)(C)C(=O)O. The van der Waals surface area contributed by atoms with Crippen LogP contribution in [0.1, 0.15) is 33.6 Å². The predicted molar refractivity (Wildman–Crippen MR) is 64.8 cm³/mol. The lowest BCUT2D eigenvalue weighted by Gasteiger charge is -2.25. The number of nitrogens with one attached hydrogen (secondary N) is 1. The molecule has 1 saturated carbocycles. The Morgan fingerprint density at radius 1 is 1.41 bits per heavy atom. The minimum Gasteiger partial charge on any atom is -0.481 e. The smallest absolute Gasteiger partial charge is 0.317 e. The van der Waals surface area contributed by atoms with Crippen LogP contribution in [0.5, 0.6) is 0 Å². The van der Waals surface area contributed by atoms with E-state index in [1.54, 1.807) is 18.7 Å². The van der Waals surface area contributed by atoms with Gasteiger partial charge in [0.2, 0.25) is 0 Å². The highest BCUT2D eigenvalue weighted by molar-refractivity contribution is 5.77. The predicted octanol–water partition coefficient (Wildman–Crippen LogP) is 1.54. The highest BCUT2D eigenvalue weighted by atomic mass is 16.4. The van der Waals surface area contributed by atoms with Gasteiger partial charge in [-0.3, -0.25) is 4.79 Å². The van der Waals surface area contributed by atoms with Gasteiger partial charge in [0, 0.05) is 19.6 Å². The van der Waals surface area contributed by atoms with Crippen molar-refractivity contribution in [2.45, 2.75) is 33.6 Å². The number of urea groups is 1. The average molecular weight is 242 g/mol. The number of carbonyl (C=O) groups excluding carboxylic acids is 1. The van der Waals surface area contributed by atoms with Crippen LogP contribution < -0.4 is 5.32 Å². The van der Waals surface area contributed by atoms with Crippen molar-refractivity contribution in [1.82, 2.24) is 10.2 Å². The number of hydrogen-bond donors (Lipinski definition) is 2. The Morgan fingerprint density at radius 2 is 2.00 bits per heavy atom. The Morgan fingerprint density at radius 3 is 2.41 bits per heavy atom. The Labute approximate surface area is 102 Å². The molecule has 17 heavy (non-hydrogen) atoms. The molecule has 5 heteroatoms. The van der Waals surface area contributed by atoms with Crippen molar-refractivity contribution < 1.29 is 14.7 Å². The molecule has 98 valence electrons. The van der Waals surface area contributed by atoms with Crippen LogP contribution >= 0.6 is 0 Å². The van der Waals surface area contributed by atoms with Gasteiger partial charge in [-0.1, -0.05) is 0 Å². The molecule has 1 rings (SSSR count). The summed E-state index contributed by atoms with van der Waals surface area (Å²) in [7, 11) is 0. The number of aliphatic carboxylic acids is 1. The van der Waals surface area contributed by atoms with Crippen LogP contribution in [-0.4, -0.2) is 41.6 Å². The Hall–Kier alpha value is -1.26. The van der Waals surface area contributed by atoms with Crippen molar-refractivity contribution in [3.05, 3.63) is 0 Å². The summed E-state index contributed by atoms with van der Waals surface area (Å²) in [5.74, 6) is -0.253. The Kier molecular flexibility index (Phi) is 4.37. The standard InChI is InChI=1S/C12H22N2O3/c1-4-14(7-9-5-6-9)11(17)13-8-12(2,3)10(15)16/h9H,4-8H2,1-3H3,(H,13,17)(H,15,16). The number of nitrogens with zero attached hydrogens (tertiary/aromatic N) is 1. The quantitative estimate of drug-likeness (QED) is 0.742. The fraction of sp³-hybridized carbons (Fsp3) is 0.833. The third-order valence-electron chi connectivity index (χ3n) is 3.10. The van der Waals surface area contributed by atoms with Gasteiger partial charge < -0.3 is 15.3 Å². The number of rotatable bonds is 6. The first-order chi connectivity index (χ1) is 7.86. The van der Waals surface area contributed by atoms with Crippen molar-refractivity contribution in [2.75, 3.05) is 19.6 Å². The third-order valence-corrected chi connectivity index (χ3v) is 3.10. The van der Waals surface area contributed by atoms with Crippen LogP contribution in [0, 0.1) is 11.3 Å². The van der Waals surface area contributed by atoms with Crippen LogP contribution in [0.25, 0.3) is 0 Å². The van der Waals surface area contributed by atoms with Crippen molar-refractivity contribution >= 4 is 12.0 Å². The number of amides is 2. The lowest BCUT2D eigenvalue weighted by atomic mass is 9.94. The first-order valence-electron chi connectivity index (χ1n) is 6.13. The Balaban J connectivity index is 2.38. The summed E-state index contributed by atoms with van der Waals surface area (Å²) in [4.78, 5) is 24.5. The molecule has 0 aromatic carbocycles. The number of carboxylic acids is 1. The van der Waals surface area contributed by atoms with E-state index in [9.17, 15) is 9.59 Å². The number of carboxylic acid groups (broad SMARTS) is 1. The van der Waals surface area contributed by atoms with Crippen molar-refractivity contribution in [2.24, 2.45) is 11.3 Å². The lowest BCUT2D eigenvalue weighted by Crippen LogP contribution is -2.46. The fourth-order valence-corrected chi connectivity index (χ4v) is 1.45. The molecule has 1 aliphatic carbocycles. The maximum absolute atomic E-state index is 11.8. The maximum Gasteiger partial charge on any atom is 0.317 e. The van der Waals surface area contributed by atoms with Crippen molar-refractivity contribution in [3.63, 3.8) is 0 Å². The summed E-state index contributed by atoms with van der Waals surface area (Å²) >= 11 is 0. The number of carbonyl (C=O) groups is 2. The van der Waals surface area contributed by atoms with E-state index in [0.29, 0.717) is 12.5 Å². The number of hydrogen-bond acceptors (Lipinski definition) is 2. The van der Waals surface area contributed by atoms with Gasteiger partial charge in [-0.05, 0) is 39.5 Å². The normalized spacial score (nSPS) is 15.5. The second-order valence-electron chi connectivity index (χ2n) is 5.33. The summed E-state index contributed by atoms with van der Waals surface area (Å²) in [6.07, 6.45) is 2.40. The zero-order valence-electron chi connectivity index (χ0n) is 10.8. The van der Waals surface area contributed by atoms with Gasteiger partial charge in [-0.25, -0.2) is 4.79 Å². The topological polar surface area (TPSA) is 69.6 Å². The largest absolute Gasteiger partial charge is 0.481 e. The molecule has 0 radical (unpaired) electrons. The summed E-state index contributed by atoms with van der Waals surface area (Å²) < 4.78 is 0. The summed E-state index contributed by atoms with van der Waals surface area (Å²) in [5, 5.41) is 11.6. The first-order valence-corrected chi connectivity index (χ1v) is 6.13. The van der Waals surface area contributed by atoms with Crippen LogP contribution in [0.15, 0.2) is 0 Å². The zero-order chi connectivity index (χ0) is 13.1. The van der Waals surface area contributed by atoms with Gasteiger partial charge in [0.1, 0.15) is 0 Å². The monoisotopic (exact) mass is 242 g/mol. The van der Waals surface area contributed by atoms with Crippen molar-refractivity contribution in [3.8, 4) is 0 Å². The van der Waals surface area contributed by atoms with Crippen LogP contribution in [-0.2, 0) is 4.79 Å². The first kappa shape index (κ1) is 13.8. The van der Waals surface area contributed by atoms with Crippen LogP contribution in [0.2, 0.25) is 0 Å². The molecule has 0 unspecified atom stereocenters. The van der Waals surface area contributed by atoms with Gasteiger partial charge in [0.25, 0.3) is 0 Å². The maximum atomic E-state index is 11.8. The summed E-state index contributed by atoms with van der Waals surface area (Å²) in [5.41, 5.74) is -0.922. The highest BCUT2D eigenvalue weighted by Crippen LogP contribution is 2.29. The molecule has 1 aliphatic rings. The van der Waals surface area contributed by atoms with E-state index in [0.717, 1.165) is 6.54 Å². The third kappa shape index (κ3) is 4.24. The van der Waals surface area contributed by atoms with Crippen LogP contribution in [0.3, 0.4) is 0 Å². The van der Waals surface area contributed by atoms with E-state index in [4.69, 9.17) is 5.11 Å². The molecular formula is C12H22N2O3. The lowest BCUT2D eigenvalue weighted by molar-refractivity contribution is -0.146. The summed E-state index contributed by atoms with van der Waals surface area (Å²) in [6.45, 7) is 6.75. The molecule has 0 atom stereocenters. The highest BCUT2D eigenvalue weighted by Gasteiger charge is 2.30. The molecular weight excluding hydrogens is 220 g/mol. The molecule has 0 heterocycles. The minimum absolute atomic E-state index is 0.155. The molecule has 0 bridgehead atoms. The molecule has 1 fully saturated rings. The molecule has 0 aromatic heterocycles. The van der Waals surface area contributed by atoms with Gasteiger partial charge in [0.15, 0.2) is 0 Å². The molecule has 0 saturated heterocycles. The molecule has 5 nitrogen and oxygen atoms in total. The van der Waals surface area contributed by atoms with Crippen LogP contribution in [0.4, 0.5) is 4.79 Å². The zero-order valence-corrected chi connectivity index (χ0v) is 10.8. The van der Waals surface area contributed by atoms with Gasteiger partial charge in [0.05, 0.1) is 5.41 Å². The molecule has 0 spiro atoms. The van der Waals surface area contributed by atoms with Gasteiger partial charge >= 0.3 is 12.0 Å².